The topological polar surface area (TPSA) is 124 Å². The third-order valence-corrected chi connectivity index (χ3v) is 6.61. The number of hydrogen-bond donors (Lipinski definition) is 1. The number of thiophene rings is 1. The maximum Gasteiger partial charge on any atom is 0.341 e. The number of methoxy groups -OCH3 is 2. The molecule has 1 aromatic heterocycles. The Labute approximate surface area is 215 Å². The van der Waals surface area contributed by atoms with Gasteiger partial charge in [0.2, 0.25) is 0 Å². The summed E-state index contributed by atoms with van der Waals surface area (Å²) in [6.07, 6.45) is 0. The lowest BCUT2D eigenvalue weighted by molar-refractivity contribution is -0.119. The van der Waals surface area contributed by atoms with E-state index in [-0.39, 0.29) is 22.7 Å². The zero-order valence-corrected chi connectivity index (χ0v) is 21.3. The number of esters is 2. The Bertz CT molecular complexity index is 1280. The standard InChI is InChI=1S/C25H22N2O7S2/c1-4-33-24(30)21-20(15-8-6-5-7-9-15)25(35-14-26)36-22(21)27-19(28)13-34-23(29)16-10-17(31-2)12-18(11-16)32-3/h5-12H,4,13H2,1-3H3,(H,27,28). The number of nitriles is 1. The van der Waals surface area contributed by atoms with E-state index in [2.05, 4.69) is 5.32 Å². The summed E-state index contributed by atoms with van der Waals surface area (Å²) in [6, 6.07) is 13.5. The van der Waals surface area contributed by atoms with Crippen LogP contribution in [0.15, 0.2) is 52.7 Å². The first-order chi connectivity index (χ1) is 17.4. The van der Waals surface area contributed by atoms with E-state index in [1.807, 2.05) is 11.5 Å². The minimum atomic E-state index is -0.759. The number of rotatable bonds is 10. The SMILES string of the molecule is CCOC(=O)c1c(NC(=O)COC(=O)c2cc(OC)cc(OC)c2)sc(SC#N)c1-c1ccccc1. The van der Waals surface area contributed by atoms with Crippen LogP contribution >= 0.6 is 23.1 Å². The summed E-state index contributed by atoms with van der Waals surface area (Å²) in [5.41, 5.74) is 1.44. The van der Waals surface area contributed by atoms with Crippen molar-refractivity contribution in [1.29, 1.82) is 5.26 Å². The smallest absolute Gasteiger partial charge is 0.341 e. The average Bonchev–Trinajstić information content (AvgIpc) is 3.25. The minimum absolute atomic E-state index is 0.124. The first-order valence-electron chi connectivity index (χ1n) is 10.6. The third kappa shape index (κ3) is 6.35. The number of ether oxygens (including phenoxy) is 4. The summed E-state index contributed by atoms with van der Waals surface area (Å²) in [5.74, 6) is -1.30. The molecule has 0 spiro atoms. The monoisotopic (exact) mass is 526 g/mol. The number of amides is 1. The van der Waals surface area contributed by atoms with Crippen LogP contribution in [0.25, 0.3) is 11.1 Å². The van der Waals surface area contributed by atoms with Crippen LogP contribution in [0, 0.1) is 10.7 Å². The Morgan fingerprint density at radius 2 is 1.67 bits per heavy atom. The van der Waals surface area contributed by atoms with Crippen LogP contribution in [0.5, 0.6) is 11.5 Å². The molecule has 2 aromatic carbocycles. The van der Waals surface area contributed by atoms with Crippen molar-refractivity contribution in [2.24, 2.45) is 0 Å². The van der Waals surface area contributed by atoms with Gasteiger partial charge in [0.05, 0.1) is 30.6 Å². The molecule has 11 heteroatoms. The number of thiocyanates is 1. The Morgan fingerprint density at radius 1 is 1.00 bits per heavy atom. The number of carbonyl (C=O) groups excluding carboxylic acids is 3. The summed E-state index contributed by atoms with van der Waals surface area (Å²) in [7, 11) is 2.89. The van der Waals surface area contributed by atoms with E-state index < -0.39 is 24.5 Å². The van der Waals surface area contributed by atoms with Crippen molar-refractivity contribution in [3.63, 3.8) is 0 Å². The van der Waals surface area contributed by atoms with E-state index >= 15 is 0 Å². The van der Waals surface area contributed by atoms with Gasteiger partial charge in [-0.15, -0.1) is 11.3 Å². The Morgan fingerprint density at radius 3 is 2.25 bits per heavy atom. The normalized spacial score (nSPS) is 10.2. The number of benzene rings is 2. The fraction of sp³-hybridized carbons (Fsp3) is 0.200. The second-order valence-electron chi connectivity index (χ2n) is 6.97. The molecule has 0 bridgehead atoms. The number of nitrogens with one attached hydrogen (secondary N) is 1. The molecule has 9 nitrogen and oxygen atoms in total. The molecule has 0 fully saturated rings. The lowest BCUT2D eigenvalue weighted by atomic mass is 10.0. The Hall–Kier alpha value is -4.01. The van der Waals surface area contributed by atoms with Crippen LogP contribution in [0.2, 0.25) is 0 Å². The molecule has 0 unspecified atom stereocenters. The van der Waals surface area contributed by atoms with Crippen LogP contribution in [-0.2, 0) is 14.3 Å². The maximum atomic E-state index is 12.9. The molecule has 186 valence electrons. The van der Waals surface area contributed by atoms with Gasteiger partial charge in [-0.25, -0.2) is 9.59 Å². The van der Waals surface area contributed by atoms with Gasteiger partial charge >= 0.3 is 11.9 Å². The highest BCUT2D eigenvalue weighted by Gasteiger charge is 2.27. The van der Waals surface area contributed by atoms with Crippen LogP contribution in [0.4, 0.5) is 5.00 Å². The van der Waals surface area contributed by atoms with E-state index in [9.17, 15) is 19.6 Å². The van der Waals surface area contributed by atoms with Crippen molar-refractivity contribution in [2.45, 2.75) is 11.1 Å². The first kappa shape index (κ1) is 26.6. The summed E-state index contributed by atoms with van der Waals surface area (Å²) in [4.78, 5) is 38.1. The second-order valence-corrected chi connectivity index (χ2v) is 9.05. The predicted octanol–water partition coefficient (Wildman–Crippen LogP) is 4.98. The van der Waals surface area contributed by atoms with Gasteiger partial charge in [-0.05, 0) is 24.6 Å². The molecule has 36 heavy (non-hydrogen) atoms. The van der Waals surface area contributed by atoms with Crippen molar-refractivity contribution in [2.75, 3.05) is 32.8 Å². The van der Waals surface area contributed by atoms with Gasteiger partial charge < -0.3 is 24.3 Å². The predicted molar refractivity (Wildman–Crippen MR) is 136 cm³/mol. The molecule has 1 heterocycles. The largest absolute Gasteiger partial charge is 0.497 e. The number of nitrogens with zero attached hydrogens (tertiary/aromatic N) is 1. The van der Waals surface area contributed by atoms with E-state index in [1.165, 1.54) is 26.4 Å². The molecule has 3 rings (SSSR count). The minimum Gasteiger partial charge on any atom is -0.497 e. The molecule has 1 amide bonds. The maximum absolute atomic E-state index is 12.9. The van der Waals surface area contributed by atoms with E-state index in [4.69, 9.17) is 18.9 Å². The fourth-order valence-electron chi connectivity index (χ4n) is 3.18. The summed E-state index contributed by atoms with van der Waals surface area (Å²) in [5, 5.41) is 14.1. The summed E-state index contributed by atoms with van der Waals surface area (Å²) >= 11 is 1.94. The zero-order valence-electron chi connectivity index (χ0n) is 19.7. The van der Waals surface area contributed by atoms with Gasteiger partial charge in [-0.1, -0.05) is 30.3 Å². The highest BCUT2D eigenvalue weighted by molar-refractivity contribution is 8.05. The Kier molecular flexibility index (Phi) is 9.32. The lowest BCUT2D eigenvalue weighted by Gasteiger charge is -2.10. The molecule has 0 aliphatic rings. The highest BCUT2D eigenvalue weighted by Crippen LogP contribution is 2.45. The summed E-state index contributed by atoms with van der Waals surface area (Å²) < 4.78 is 21.2. The van der Waals surface area contributed by atoms with Crippen molar-refractivity contribution in [1.82, 2.24) is 0 Å². The van der Waals surface area contributed by atoms with E-state index in [0.717, 1.165) is 23.1 Å². The second kappa shape index (κ2) is 12.6. The number of hydrogen-bond acceptors (Lipinski definition) is 10. The van der Waals surface area contributed by atoms with Crippen LogP contribution in [0.3, 0.4) is 0 Å². The van der Waals surface area contributed by atoms with Gasteiger partial charge in [0.1, 0.15) is 27.5 Å². The fourth-order valence-corrected chi connectivity index (χ4v) is 5.07. The van der Waals surface area contributed by atoms with Crippen molar-refractivity contribution in [3.8, 4) is 28.0 Å². The lowest BCUT2D eigenvalue weighted by Crippen LogP contribution is -2.21. The van der Waals surface area contributed by atoms with Crippen LogP contribution in [-0.4, -0.2) is 45.3 Å². The molecule has 0 saturated carbocycles. The highest BCUT2D eigenvalue weighted by atomic mass is 32.2. The number of thioether (sulfide) groups is 1. The first-order valence-corrected chi connectivity index (χ1v) is 12.2. The molecule has 0 atom stereocenters. The molecule has 0 radical (unpaired) electrons. The quantitative estimate of drug-likeness (QED) is 0.221. The van der Waals surface area contributed by atoms with Gasteiger partial charge in [-0.2, -0.15) is 5.26 Å². The average molecular weight is 527 g/mol. The van der Waals surface area contributed by atoms with Gasteiger partial charge in [0.15, 0.2) is 6.61 Å². The van der Waals surface area contributed by atoms with Gasteiger partial charge in [0.25, 0.3) is 5.91 Å². The molecule has 0 aliphatic heterocycles. The van der Waals surface area contributed by atoms with Crippen molar-refractivity contribution >= 4 is 45.9 Å². The molecule has 3 aromatic rings. The van der Waals surface area contributed by atoms with Crippen LogP contribution in [0.1, 0.15) is 27.6 Å². The van der Waals surface area contributed by atoms with E-state index in [1.54, 1.807) is 37.3 Å². The van der Waals surface area contributed by atoms with Gasteiger partial charge in [-0.3, -0.25) is 4.79 Å². The number of anilines is 1. The van der Waals surface area contributed by atoms with Crippen molar-refractivity contribution < 1.29 is 33.3 Å². The molecular weight excluding hydrogens is 504 g/mol. The molecule has 0 aliphatic carbocycles. The Balaban J connectivity index is 1.85. The van der Waals surface area contributed by atoms with Gasteiger partial charge in [0, 0.05) is 23.4 Å². The van der Waals surface area contributed by atoms with Crippen LogP contribution < -0.4 is 14.8 Å². The molecule has 0 saturated heterocycles. The zero-order chi connectivity index (χ0) is 26.1. The number of carbonyl (C=O) groups is 3. The van der Waals surface area contributed by atoms with E-state index in [0.29, 0.717) is 26.8 Å². The molecule has 1 N–H and O–H groups in total. The summed E-state index contributed by atoms with van der Waals surface area (Å²) in [6.45, 7) is 1.18. The van der Waals surface area contributed by atoms with Crippen molar-refractivity contribution in [3.05, 3.63) is 59.7 Å². The molecular formula is C25H22N2O7S2. The third-order valence-electron chi connectivity index (χ3n) is 4.73.